The molecule has 0 radical (unpaired) electrons. The highest BCUT2D eigenvalue weighted by atomic mass is 32.1. The van der Waals surface area contributed by atoms with E-state index in [1.807, 2.05) is 11.4 Å². The van der Waals surface area contributed by atoms with Crippen LogP contribution in [0.2, 0.25) is 0 Å². The minimum Gasteiger partial charge on any atom is -0.317 e. The van der Waals surface area contributed by atoms with Crippen LogP contribution in [0.1, 0.15) is 35.7 Å². The predicted octanol–water partition coefficient (Wildman–Crippen LogP) is 1.82. The van der Waals surface area contributed by atoms with Gasteiger partial charge in [0.1, 0.15) is 10.9 Å². The molecule has 0 saturated carbocycles. The maximum absolute atomic E-state index is 12.6. The van der Waals surface area contributed by atoms with Gasteiger partial charge in [-0.2, -0.15) is 5.26 Å². The SMILES string of the molecule is N#Cc1cc(C2CCON2C(=O)C2CCNCC2)cs1. The van der Waals surface area contributed by atoms with Gasteiger partial charge in [-0.1, -0.05) is 0 Å². The first-order valence-corrected chi connectivity index (χ1v) is 7.83. The summed E-state index contributed by atoms with van der Waals surface area (Å²) in [6.07, 6.45) is 2.55. The Labute approximate surface area is 122 Å². The molecular weight excluding hydrogens is 274 g/mol. The lowest BCUT2D eigenvalue weighted by atomic mass is 9.96. The van der Waals surface area contributed by atoms with Crippen molar-refractivity contribution >= 4 is 17.2 Å². The molecule has 6 heteroatoms. The van der Waals surface area contributed by atoms with Crippen LogP contribution in [0.15, 0.2) is 11.4 Å². The van der Waals surface area contributed by atoms with E-state index in [1.54, 1.807) is 5.06 Å². The summed E-state index contributed by atoms with van der Waals surface area (Å²) in [5.74, 6) is 0.157. The lowest BCUT2D eigenvalue weighted by Crippen LogP contribution is -2.40. The lowest BCUT2D eigenvalue weighted by molar-refractivity contribution is -0.182. The molecule has 0 aliphatic carbocycles. The van der Waals surface area contributed by atoms with Crippen LogP contribution < -0.4 is 5.32 Å². The third-order valence-corrected chi connectivity index (χ3v) is 4.78. The van der Waals surface area contributed by atoms with Gasteiger partial charge in [0.2, 0.25) is 5.91 Å². The maximum Gasteiger partial charge on any atom is 0.249 e. The second kappa shape index (κ2) is 5.92. The predicted molar refractivity (Wildman–Crippen MR) is 74.8 cm³/mol. The van der Waals surface area contributed by atoms with E-state index in [1.165, 1.54) is 11.3 Å². The molecule has 2 aliphatic heterocycles. The summed E-state index contributed by atoms with van der Waals surface area (Å²) < 4.78 is 0. The van der Waals surface area contributed by atoms with E-state index < -0.39 is 0 Å². The molecular formula is C14H17N3O2S. The monoisotopic (exact) mass is 291 g/mol. The molecule has 1 aromatic rings. The van der Waals surface area contributed by atoms with Gasteiger partial charge in [-0.15, -0.1) is 11.3 Å². The average molecular weight is 291 g/mol. The maximum atomic E-state index is 12.6. The molecule has 20 heavy (non-hydrogen) atoms. The summed E-state index contributed by atoms with van der Waals surface area (Å²) in [6, 6.07) is 3.98. The van der Waals surface area contributed by atoms with Gasteiger partial charge in [0.15, 0.2) is 0 Å². The highest BCUT2D eigenvalue weighted by Crippen LogP contribution is 2.34. The van der Waals surface area contributed by atoms with Gasteiger partial charge in [0.25, 0.3) is 0 Å². The average Bonchev–Trinajstić information content (AvgIpc) is 3.15. The smallest absolute Gasteiger partial charge is 0.249 e. The highest BCUT2D eigenvalue weighted by molar-refractivity contribution is 7.10. The van der Waals surface area contributed by atoms with Crippen molar-refractivity contribution in [2.24, 2.45) is 5.92 Å². The van der Waals surface area contributed by atoms with Gasteiger partial charge in [-0.25, -0.2) is 5.06 Å². The van der Waals surface area contributed by atoms with E-state index in [0.717, 1.165) is 37.9 Å². The number of nitriles is 1. The zero-order chi connectivity index (χ0) is 13.9. The fraction of sp³-hybridized carbons (Fsp3) is 0.571. The number of thiophene rings is 1. The van der Waals surface area contributed by atoms with Crippen LogP contribution in [0.3, 0.4) is 0 Å². The van der Waals surface area contributed by atoms with Gasteiger partial charge in [0.05, 0.1) is 12.6 Å². The molecule has 2 aliphatic rings. The van der Waals surface area contributed by atoms with Crippen LogP contribution >= 0.6 is 11.3 Å². The van der Waals surface area contributed by atoms with Crippen LogP contribution in [0.25, 0.3) is 0 Å². The largest absolute Gasteiger partial charge is 0.317 e. The van der Waals surface area contributed by atoms with E-state index >= 15 is 0 Å². The molecule has 106 valence electrons. The topological polar surface area (TPSA) is 65.4 Å². The Morgan fingerprint density at radius 3 is 2.95 bits per heavy atom. The Kier molecular flexibility index (Phi) is 4.01. The second-order valence-electron chi connectivity index (χ2n) is 5.18. The van der Waals surface area contributed by atoms with Gasteiger partial charge in [-0.3, -0.25) is 9.63 Å². The first-order valence-electron chi connectivity index (χ1n) is 6.95. The van der Waals surface area contributed by atoms with Crippen LogP contribution in [0.4, 0.5) is 0 Å². The number of nitrogens with zero attached hydrogens (tertiary/aromatic N) is 2. The zero-order valence-electron chi connectivity index (χ0n) is 11.2. The fourth-order valence-electron chi connectivity index (χ4n) is 2.82. The van der Waals surface area contributed by atoms with Crippen molar-refractivity contribution in [2.75, 3.05) is 19.7 Å². The minimum absolute atomic E-state index is 0.0317. The van der Waals surface area contributed by atoms with Crippen LogP contribution in [0, 0.1) is 17.2 Å². The molecule has 0 bridgehead atoms. The molecule has 3 rings (SSSR count). The Bertz CT molecular complexity index is 531. The van der Waals surface area contributed by atoms with Gasteiger partial charge in [-0.05, 0) is 42.9 Å². The van der Waals surface area contributed by atoms with Crippen molar-refractivity contribution in [2.45, 2.75) is 25.3 Å². The van der Waals surface area contributed by atoms with Crippen LogP contribution in [-0.2, 0) is 9.63 Å². The number of rotatable bonds is 2. The van der Waals surface area contributed by atoms with Crippen LogP contribution in [-0.4, -0.2) is 30.7 Å². The summed E-state index contributed by atoms with van der Waals surface area (Å²) in [7, 11) is 0. The molecule has 0 aromatic carbocycles. The number of piperidine rings is 1. The summed E-state index contributed by atoms with van der Waals surface area (Å²) >= 11 is 1.42. The number of nitrogens with one attached hydrogen (secondary N) is 1. The third-order valence-electron chi connectivity index (χ3n) is 3.93. The van der Waals surface area contributed by atoms with E-state index in [9.17, 15) is 4.79 Å². The third kappa shape index (κ3) is 2.57. The number of hydroxylamine groups is 2. The quantitative estimate of drug-likeness (QED) is 0.902. The summed E-state index contributed by atoms with van der Waals surface area (Å²) in [5, 5.41) is 15.7. The molecule has 1 unspecified atom stereocenters. The molecule has 1 aromatic heterocycles. The van der Waals surface area contributed by atoms with Crippen molar-refractivity contribution in [1.82, 2.24) is 10.4 Å². The van der Waals surface area contributed by atoms with Gasteiger partial charge >= 0.3 is 0 Å². The first kappa shape index (κ1) is 13.6. The molecule has 3 heterocycles. The van der Waals surface area contributed by atoms with Crippen molar-refractivity contribution in [3.05, 3.63) is 21.9 Å². The zero-order valence-corrected chi connectivity index (χ0v) is 12.0. The number of carbonyl (C=O) groups excluding carboxylic acids is 1. The van der Waals surface area contributed by atoms with Crippen molar-refractivity contribution < 1.29 is 9.63 Å². The molecule has 1 amide bonds. The second-order valence-corrected chi connectivity index (χ2v) is 6.09. The number of carbonyl (C=O) groups is 1. The van der Waals surface area contributed by atoms with E-state index in [0.29, 0.717) is 11.5 Å². The molecule has 1 atom stereocenters. The van der Waals surface area contributed by atoms with Crippen molar-refractivity contribution in [3.63, 3.8) is 0 Å². The van der Waals surface area contributed by atoms with Gasteiger partial charge in [0, 0.05) is 12.3 Å². The Balaban J connectivity index is 1.74. The van der Waals surface area contributed by atoms with Crippen molar-refractivity contribution in [1.29, 1.82) is 5.26 Å². The van der Waals surface area contributed by atoms with E-state index in [-0.39, 0.29) is 17.9 Å². The van der Waals surface area contributed by atoms with Gasteiger partial charge < -0.3 is 5.32 Å². The van der Waals surface area contributed by atoms with Crippen molar-refractivity contribution in [3.8, 4) is 6.07 Å². The molecule has 0 spiro atoms. The van der Waals surface area contributed by atoms with E-state index in [2.05, 4.69) is 11.4 Å². The number of amides is 1. The Hall–Kier alpha value is -1.42. The molecule has 2 fully saturated rings. The molecule has 2 saturated heterocycles. The summed E-state index contributed by atoms with van der Waals surface area (Å²) in [4.78, 5) is 18.8. The highest BCUT2D eigenvalue weighted by Gasteiger charge is 2.36. The summed E-state index contributed by atoms with van der Waals surface area (Å²) in [6.45, 7) is 2.36. The summed E-state index contributed by atoms with van der Waals surface area (Å²) in [5.41, 5.74) is 1.02. The Morgan fingerprint density at radius 2 is 2.25 bits per heavy atom. The molecule has 5 nitrogen and oxygen atoms in total. The van der Waals surface area contributed by atoms with Crippen LogP contribution in [0.5, 0.6) is 0 Å². The molecule has 1 N–H and O–H groups in total. The first-order chi connectivity index (χ1) is 9.79. The minimum atomic E-state index is -0.0317. The standard InChI is InChI=1S/C14H17N3O2S/c15-8-12-7-11(9-20-12)13-3-6-19-17(13)14(18)10-1-4-16-5-2-10/h7,9-10,13,16H,1-6H2. The number of hydrogen-bond donors (Lipinski definition) is 1. The fourth-order valence-corrected chi connectivity index (χ4v) is 3.57. The number of hydrogen-bond acceptors (Lipinski definition) is 5. The normalized spacial score (nSPS) is 23.8. The van der Waals surface area contributed by atoms with E-state index in [4.69, 9.17) is 10.1 Å². The lowest BCUT2D eigenvalue weighted by Gasteiger charge is -2.29. The Morgan fingerprint density at radius 1 is 1.45 bits per heavy atom.